The van der Waals surface area contributed by atoms with E-state index >= 15 is 0 Å². The third kappa shape index (κ3) is 3.01. The maximum Gasteiger partial charge on any atom is 0.337 e. The SMILES string of the molecule is Cc1[nH]c(=O)c(-c2csc(-c3ccnc(Cl)c3)n2)cc1C(=O)O. The molecule has 0 spiro atoms. The number of carbonyl (C=O) groups is 1. The van der Waals surface area contributed by atoms with Gasteiger partial charge in [-0.2, -0.15) is 0 Å². The number of carboxylic acids is 1. The van der Waals surface area contributed by atoms with Crippen molar-refractivity contribution in [1.82, 2.24) is 15.0 Å². The number of rotatable bonds is 3. The molecule has 0 fully saturated rings. The van der Waals surface area contributed by atoms with Crippen molar-refractivity contribution in [1.29, 1.82) is 0 Å². The Balaban J connectivity index is 2.09. The molecule has 2 N–H and O–H groups in total. The molecule has 0 bridgehead atoms. The maximum atomic E-state index is 12.1. The summed E-state index contributed by atoms with van der Waals surface area (Å²) in [7, 11) is 0. The number of aromatic amines is 1. The van der Waals surface area contributed by atoms with Crippen LogP contribution >= 0.6 is 22.9 Å². The lowest BCUT2D eigenvalue weighted by molar-refractivity contribution is 0.0695. The van der Waals surface area contributed by atoms with E-state index in [4.69, 9.17) is 11.6 Å². The van der Waals surface area contributed by atoms with Crippen LogP contribution in [-0.2, 0) is 0 Å². The van der Waals surface area contributed by atoms with Crippen LogP contribution in [0.25, 0.3) is 21.8 Å². The minimum atomic E-state index is -1.10. The van der Waals surface area contributed by atoms with Gasteiger partial charge >= 0.3 is 5.97 Å². The number of hydrogen-bond donors (Lipinski definition) is 2. The fraction of sp³-hybridized carbons (Fsp3) is 0.0667. The molecule has 0 aliphatic carbocycles. The number of nitrogens with one attached hydrogen (secondary N) is 1. The van der Waals surface area contributed by atoms with Gasteiger partial charge in [-0.25, -0.2) is 14.8 Å². The lowest BCUT2D eigenvalue weighted by atomic mass is 10.1. The summed E-state index contributed by atoms with van der Waals surface area (Å²) in [5.74, 6) is -1.10. The number of thiazole rings is 1. The predicted molar refractivity (Wildman–Crippen MR) is 88.1 cm³/mol. The molecule has 6 nitrogen and oxygen atoms in total. The van der Waals surface area contributed by atoms with E-state index in [0.29, 0.717) is 21.5 Å². The second kappa shape index (κ2) is 5.94. The van der Waals surface area contributed by atoms with Crippen molar-refractivity contribution in [2.24, 2.45) is 0 Å². The predicted octanol–water partition coefficient (Wildman–Crippen LogP) is 3.22. The van der Waals surface area contributed by atoms with Crippen molar-refractivity contribution in [2.45, 2.75) is 6.92 Å². The van der Waals surface area contributed by atoms with Crippen LogP contribution in [-0.4, -0.2) is 26.0 Å². The molecule has 8 heteroatoms. The van der Waals surface area contributed by atoms with E-state index in [1.807, 2.05) is 0 Å². The second-order valence-corrected chi connectivity index (χ2v) is 6.01. The van der Waals surface area contributed by atoms with E-state index in [0.717, 1.165) is 5.56 Å². The average molecular weight is 348 g/mol. The topological polar surface area (TPSA) is 95.9 Å². The Morgan fingerprint density at radius 3 is 2.87 bits per heavy atom. The summed E-state index contributed by atoms with van der Waals surface area (Å²) in [5.41, 5.74) is 1.39. The number of H-pyrrole nitrogens is 1. The largest absolute Gasteiger partial charge is 0.478 e. The highest BCUT2D eigenvalue weighted by atomic mass is 35.5. The zero-order valence-corrected chi connectivity index (χ0v) is 13.4. The van der Waals surface area contributed by atoms with E-state index in [1.54, 1.807) is 30.6 Å². The normalized spacial score (nSPS) is 10.7. The Bertz CT molecular complexity index is 965. The van der Waals surface area contributed by atoms with Gasteiger partial charge in [0, 0.05) is 22.8 Å². The first-order valence-corrected chi connectivity index (χ1v) is 7.76. The molecule has 23 heavy (non-hydrogen) atoms. The van der Waals surface area contributed by atoms with Crippen LogP contribution in [0.15, 0.2) is 34.6 Å². The van der Waals surface area contributed by atoms with Gasteiger partial charge in [0.2, 0.25) is 0 Å². The molecule has 0 saturated heterocycles. The zero-order valence-electron chi connectivity index (χ0n) is 11.8. The van der Waals surface area contributed by atoms with E-state index in [9.17, 15) is 14.7 Å². The molecule has 0 unspecified atom stereocenters. The van der Waals surface area contributed by atoms with Crippen LogP contribution in [0.4, 0.5) is 0 Å². The lowest BCUT2D eigenvalue weighted by Crippen LogP contribution is -2.15. The molecule has 116 valence electrons. The van der Waals surface area contributed by atoms with Crippen molar-refractivity contribution in [2.75, 3.05) is 0 Å². The summed E-state index contributed by atoms with van der Waals surface area (Å²) in [4.78, 5) is 34.2. The first-order valence-electron chi connectivity index (χ1n) is 6.51. The minimum Gasteiger partial charge on any atom is -0.478 e. The van der Waals surface area contributed by atoms with Gasteiger partial charge in [0.25, 0.3) is 5.56 Å². The van der Waals surface area contributed by atoms with Crippen LogP contribution in [0.3, 0.4) is 0 Å². The van der Waals surface area contributed by atoms with E-state index in [2.05, 4.69) is 15.0 Å². The van der Waals surface area contributed by atoms with Crippen molar-refractivity contribution < 1.29 is 9.90 Å². The van der Waals surface area contributed by atoms with Crippen LogP contribution in [0.2, 0.25) is 5.15 Å². The summed E-state index contributed by atoms with van der Waals surface area (Å²) in [5, 5.41) is 11.9. The van der Waals surface area contributed by atoms with Gasteiger partial charge in [0.05, 0.1) is 16.8 Å². The highest BCUT2D eigenvalue weighted by Gasteiger charge is 2.15. The molecule has 0 radical (unpaired) electrons. The minimum absolute atomic E-state index is 0.0427. The number of halogens is 1. The molecule has 0 amide bonds. The Hall–Kier alpha value is -2.51. The van der Waals surface area contributed by atoms with Gasteiger partial charge in [-0.3, -0.25) is 4.79 Å². The van der Waals surface area contributed by atoms with Gasteiger partial charge in [-0.05, 0) is 25.1 Å². The quantitative estimate of drug-likeness (QED) is 0.709. The first kappa shape index (κ1) is 15.4. The number of hydrogen-bond acceptors (Lipinski definition) is 5. The molecule has 3 aromatic heterocycles. The lowest BCUT2D eigenvalue weighted by Gasteiger charge is -2.03. The Kier molecular flexibility index (Phi) is 3.97. The van der Waals surface area contributed by atoms with Gasteiger partial charge in [-0.15, -0.1) is 11.3 Å². The summed E-state index contributed by atoms with van der Waals surface area (Å²) >= 11 is 7.20. The number of pyridine rings is 2. The fourth-order valence-electron chi connectivity index (χ4n) is 2.10. The summed E-state index contributed by atoms with van der Waals surface area (Å²) < 4.78 is 0. The average Bonchev–Trinajstić information content (AvgIpc) is 2.96. The Morgan fingerprint density at radius 2 is 2.17 bits per heavy atom. The van der Waals surface area contributed by atoms with Crippen LogP contribution in [0.5, 0.6) is 0 Å². The summed E-state index contributed by atoms with van der Waals surface area (Å²) in [6, 6.07) is 4.78. The molecule has 0 aromatic carbocycles. The smallest absolute Gasteiger partial charge is 0.337 e. The molecule has 3 rings (SSSR count). The molecule has 3 heterocycles. The number of nitrogens with zero attached hydrogens (tertiary/aromatic N) is 2. The highest BCUT2D eigenvalue weighted by Crippen LogP contribution is 2.28. The third-order valence-electron chi connectivity index (χ3n) is 3.22. The van der Waals surface area contributed by atoms with E-state index in [1.165, 1.54) is 17.4 Å². The number of aromatic nitrogens is 3. The van der Waals surface area contributed by atoms with Gasteiger partial charge in [-0.1, -0.05) is 11.6 Å². The molecule has 0 aliphatic rings. The first-order chi connectivity index (χ1) is 11.0. The van der Waals surface area contributed by atoms with E-state index in [-0.39, 0.29) is 16.7 Å². The van der Waals surface area contributed by atoms with Crippen LogP contribution < -0.4 is 5.56 Å². The highest BCUT2D eigenvalue weighted by molar-refractivity contribution is 7.13. The van der Waals surface area contributed by atoms with Crippen molar-refractivity contribution >= 4 is 28.9 Å². The van der Waals surface area contributed by atoms with Crippen molar-refractivity contribution in [3.63, 3.8) is 0 Å². The van der Waals surface area contributed by atoms with Gasteiger partial charge < -0.3 is 10.1 Å². The molecule has 0 saturated carbocycles. The fourth-order valence-corrected chi connectivity index (χ4v) is 3.09. The van der Waals surface area contributed by atoms with Crippen molar-refractivity contribution in [3.05, 3.63) is 56.5 Å². The number of aromatic carboxylic acids is 1. The van der Waals surface area contributed by atoms with Crippen LogP contribution in [0.1, 0.15) is 16.1 Å². The third-order valence-corrected chi connectivity index (χ3v) is 4.32. The van der Waals surface area contributed by atoms with Gasteiger partial charge in [0.15, 0.2) is 0 Å². The Morgan fingerprint density at radius 1 is 1.39 bits per heavy atom. The molecular formula is C15H10ClN3O3S. The monoisotopic (exact) mass is 347 g/mol. The summed E-state index contributed by atoms with van der Waals surface area (Å²) in [6.45, 7) is 1.54. The number of carboxylic acid groups (broad SMARTS) is 1. The van der Waals surface area contributed by atoms with E-state index < -0.39 is 5.97 Å². The summed E-state index contributed by atoms with van der Waals surface area (Å²) in [6.07, 6.45) is 1.57. The Labute approximate surface area is 139 Å². The standard InChI is InChI=1S/C15H10ClN3O3S/c1-7-9(15(21)22)5-10(13(20)18-7)11-6-23-14(19-11)8-2-3-17-12(16)4-8/h2-6H,1H3,(H,18,20)(H,21,22). The number of aryl methyl sites for hydroxylation is 1. The van der Waals surface area contributed by atoms with Gasteiger partial charge in [0.1, 0.15) is 10.2 Å². The molecule has 0 aliphatic heterocycles. The second-order valence-electron chi connectivity index (χ2n) is 4.76. The zero-order chi connectivity index (χ0) is 16.6. The molecule has 3 aromatic rings. The maximum absolute atomic E-state index is 12.1. The molecule has 0 atom stereocenters. The van der Waals surface area contributed by atoms with Crippen molar-refractivity contribution in [3.8, 4) is 21.8 Å². The van der Waals surface area contributed by atoms with Crippen LogP contribution in [0, 0.1) is 6.92 Å². The molecular weight excluding hydrogens is 338 g/mol.